The Hall–Kier alpha value is -1.63. The van der Waals surface area contributed by atoms with Gasteiger partial charge in [0.15, 0.2) is 0 Å². The summed E-state index contributed by atoms with van der Waals surface area (Å²) >= 11 is 0. The van der Waals surface area contributed by atoms with Crippen LogP contribution in [0.15, 0.2) is 30.3 Å². The molecule has 1 rings (SSSR count). The van der Waals surface area contributed by atoms with Crippen LogP contribution < -0.4 is 11.1 Å². The lowest BCUT2D eigenvalue weighted by Crippen LogP contribution is -2.47. The van der Waals surface area contributed by atoms with E-state index in [1.54, 1.807) is 5.32 Å². The summed E-state index contributed by atoms with van der Waals surface area (Å²) in [6, 6.07) is 8.16. The van der Waals surface area contributed by atoms with E-state index in [4.69, 9.17) is 5.73 Å². The highest BCUT2D eigenvalue weighted by molar-refractivity contribution is 5.81. The number of carbonyl (C=O) groups excluding carboxylic acids is 1. The third-order valence-corrected chi connectivity index (χ3v) is 2.74. The molecule has 0 heterocycles. The number of benzene rings is 1. The molecule has 112 valence electrons. The van der Waals surface area contributed by atoms with Gasteiger partial charge in [0.05, 0.1) is 12.6 Å². The molecular weight excluding hydrogens is 276 g/mol. The van der Waals surface area contributed by atoms with Gasteiger partial charge in [-0.1, -0.05) is 30.3 Å². The van der Waals surface area contributed by atoms with Crippen molar-refractivity contribution in [1.29, 1.82) is 0 Å². The second kappa shape index (κ2) is 7.23. The molecule has 0 spiro atoms. The number of rotatable bonds is 7. The Labute approximate surface area is 114 Å². The summed E-state index contributed by atoms with van der Waals surface area (Å²) in [4.78, 5) is 11.4. The molecule has 0 aliphatic carbocycles. The van der Waals surface area contributed by atoms with E-state index in [1.165, 1.54) is 0 Å². The Bertz CT molecular complexity index is 426. The molecule has 0 aromatic heterocycles. The fourth-order valence-corrected chi connectivity index (χ4v) is 1.51. The summed E-state index contributed by atoms with van der Waals surface area (Å²) in [7, 11) is 0. The molecule has 0 fully saturated rings. The largest absolute Gasteiger partial charge is 0.348 e. The highest BCUT2D eigenvalue weighted by atomic mass is 19.3. The van der Waals surface area contributed by atoms with Gasteiger partial charge in [0.1, 0.15) is 0 Å². The Balaban J connectivity index is 2.36. The molecule has 3 nitrogen and oxygen atoms in total. The minimum Gasteiger partial charge on any atom is -0.348 e. The highest BCUT2D eigenvalue weighted by Gasteiger charge is 2.41. The van der Waals surface area contributed by atoms with E-state index in [1.807, 2.05) is 30.3 Å². The summed E-state index contributed by atoms with van der Waals surface area (Å²) in [5, 5.41) is 1.75. The minimum absolute atomic E-state index is 0.246. The summed E-state index contributed by atoms with van der Waals surface area (Å²) in [5.41, 5.74) is 6.48. The van der Waals surface area contributed by atoms with E-state index in [-0.39, 0.29) is 6.42 Å². The van der Waals surface area contributed by atoms with Gasteiger partial charge < -0.3 is 11.1 Å². The Morgan fingerprint density at radius 2 is 1.85 bits per heavy atom. The third-order valence-electron chi connectivity index (χ3n) is 2.74. The Morgan fingerprint density at radius 1 is 1.25 bits per heavy atom. The molecule has 0 unspecified atom stereocenters. The summed E-state index contributed by atoms with van der Waals surface area (Å²) in [5.74, 6) is -5.10. The van der Waals surface area contributed by atoms with E-state index in [0.29, 0.717) is 6.42 Å². The van der Waals surface area contributed by atoms with Crippen LogP contribution in [-0.2, 0) is 11.2 Å². The number of hydrogen-bond acceptors (Lipinski definition) is 2. The van der Waals surface area contributed by atoms with Crippen LogP contribution in [0.4, 0.5) is 17.6 Å². The standard InChI is InChI=1S/C13H16F4N2O/c14-12(15)13(16,17)8-19-11(20)10(18)7-6-9-4-2-1-3-5-9/h1-5,10,12H,6-8,18H2,(H,19,20)/t10-/m0/s1. The van der Waals surface area contributed by atoms with Crippen LogP contribution in [0.25, 0.3) is 0 Å². The van der Waals surface area contributed by atoms with Gasteiger partial charge in [0.2, 0.25) is 5.91 Å². The normalized spacial score (nSPS) is 13.3. The van der Waals surface area contributed by atoms with Crippen molar-refractivity contribution in [3.8, 4) is 0 Å². The predicted molar refractivity (Wildman–Crippen MR) is 66.7 cm³/mol. The fourth-order valence-electron chi connectivity index (χ4n) is 1.51. The second-order valence-electron chi connectivity index (χ2n) is 4.41. The quantitative estimate of drug-likeness (QED) is 0.755. The van der Waals surface area contributed by atoms with E-state index in [9.17, 15) is 22.4 Å². The molecule has 7 heteroatoms. The van der Waals surface area contributed by atoms with Crippen LogP contribution in [-0.4, -0.2) is 30.8 Å². The zero-order valence-electron chi connectivity index (χ0n) is 10.7. The van der Waals surface area contributed by atoms with Crippen molar-refractivity contribution in [2.24, 2.45) is 5.73 Å². The molecule has 0 saturated carbocycles. The Morgan fingerprint density at radius 3 is 2.40 bits per heavy atom. The maximum atomic E-state index is 12.6. The SMILES string of the molecule is N[C@@H](CCc1ccccc1)C(=O)NCC(F)(F)C(F)F. The maximum Gasteiger partial charge on any atom is 0.324 e. The first-order chi connectivity index (χ1) is 9.33. The number of nitrogens with one attached hydrogen (secondary N) is 1. The van der Waals surface area contributed by atoms with Crippen LogP contribution in [0, 0.1) is 0 Å². The van der Waals surface area contributed by atoms with E-state index in [0.717, 1.165) is 5.56 Å². The van der Waals surface area contributed by atoms with E-state index < -0.39 is 30.8 Å². The van der Waals surface area contributed by atoms with Gasteiger partial charge in [-0.2, -0.15) is 8.78 Å². The average Bonchev–Trinajstić information content (AvgIpc) is 2.43. The van der Waals surface area contributed by atoms with Gasteiger partial charge in [-0.25, -0.2) is 8.78 Å². The number of halogens is 4. The molecule has 0 aliphatic heterocycles. The first-order valence-electron chi connectivity index (χ1n) is 6.06. The van der Waals surface area contributed by atoms with Gasteiger partial charge in [0.25, 0.3) is 0 Å². The molecule has 0 aliphatic rings. The lowest BCUT2D eigenvalue weighted by atomic mass is 10.1. The van der Waals surface area contributed by atoms with Crippen LogP contribution in [0.1, 0.15) is 12.0 Å². The molecule has 0 saturated heterocycles. The van der Waals surface area contributed by atoms with Gasteiger partial charge in [-0.05, 0) is 18.4 Å². The number of alkyl halides is 4. The zero-order valence-corrected chi connectivity index (χ0v) is 10.7. The lowest BCUT2D eigenvalue weighted by Gasteiger charge is -2.18. The summed E-state index contributed by atoms with van der Waals surface area (Å²) < 4.78 is 49.0. The lowest BCUT2D eigenvalue weighted by molar-refractivity contribution is -0.137. The van der Waals surface area contributed by atoms with Gasteiger partial charge >= 0.3 is 12.3 Å². The molecule has 3 N–H and O–H groups in total. The van der Waals surface area contributed by atoms with Gasteiger partial charge in [-0.3, -0.25) is 4.79 Å². The topological polar surface area (TPSA) is 55.1 Å². The van der Waals surface area contributed by atoms with Crippen LogP contribution >= 0.6 is 0 Å². The van der Waals surface area contributed by atoms with Crippen molar-refractivity contribution in [2.45, 2.75) is 31.2 Å². The predicted octanol–water partition coefficient (Wildman–Crippen LogP) is 1.96. The first-order valence-corrected chi connectivity index (χ1v) is 6.06. The van der Waals surface area contributed by atoms with Crippen LogP contribution in [0.3, 0.4) is 0 Å². The molecule has 20 heavy (non-hydrogen) atoms. The smallest absolute Gasteiger partial charge is 0.324 e. The fraction of sp³-hybridized carbons (Fsp3) is 0.462. The Kier molecular flexibility index (Phi) is 5.94. The zero-order chi connectivity index (χ0) is 15.2. The van der Waals surface area contributed by atoms with Crippen molar-refractivity contribution < 1.29 is 22.4 Å². The molecule has 0 radical (unpaired) electrons. The van der Waals surface area contributed by atoms with Gasteiger partial charge in [0, 0.05) is 0 Å². The van der Waals surface area contributed by atoms with Gasteiger partial charge in [-0.15, -0.1) is 0 Å². The van der Waals surface area contributed by atoms with Crippen molar-refractivity contribution in [3.05, 3.63) is 35.9 Å². The third kappa shape index (κ3) is 5.16. The number of nitrogens with two attached hydrogens (primary N) is 1. The minimum atomic E-state index is -4.24. The first kappa shape index (κ1) is 16.4. The molecule has 1 atom stereocenters. The molecule has 1 aromatic rings. The average molecular weight is 292 g/mol. The molecule has 1 aromatic carbocycles. The number of hydrogen-bond donors (Lipinski definition) is 2. The van der Waals surface area contributed by atoms with E-state index in [2.05, 4.69) is 0 Å². The van der Waals surface area contributed by atoms with E-state index >= 15 is 0 Å². The number of amides is 1. The second-order valence-corrected chi connectivity index (χ2v) is 4.41. The van der Waals surface area contributed by atoms with Crippen LogP contribution in [0.2, 0.25) is 0 Å². The van der Waals surface area contributed by atoms with Crippen molar-refractivity contribution in [3.63, 3.8) is 0 Å². The van der Waals surface area contributed by atoms with Crippen LogP contribution in [0.5, 0.6) is 0 Å². The molecular formula is C13H16F4N2O. The highest BCUT2D eigenvalue weighted by Crippen LogP contribution is 2.21. The summed E-state index contributed by atoms with van der Waals surface area (Å²) in [6.45, 7) is -1.41. The maximum absolute atomic E-state index is 12.6. The van der Waals surface area contributed by atoms with Crippen molar-refractivity contribution >= 4 is 5.91 Å². The molecule has 1 amide bonds. The molecule has 0 bridgehead atoms. The number of aryl methyl sites for hydroxylation is 1. The van der Waals surface area contributed by atoms with Crippen molar-refractivity contribution in [1.82, 2.24) is 5.32 Å². The monoisotopic (exact) mass is 292 g/mol. The van der Waals surface area contributed by atoms with Crippen molar-refractivity contribution in [2.75, 3.05) is 6.54 Å². The summed E-state index contributed by atoms with van der Waals surface area (Å²) in [6.07, 6.45) is -3.07. The number of carbonyl (C=O) groups is 1.